The first-order chi connectivity index (χ1) is 12.5. The van der Waals surface area contributed by atoms with E-state index < -0.39 is 35.5 Å². The zero-order valence-corrected chi connectivity index (χ0v) is 15.0. The highest BCUT2D eigenvalue weighted by Gasteiger charge is 2.37. The first-order valence-electron chi connectivity index (χ1n) is 8.36. The fourth-order valence-electron chi connectivity index (χ4n) is 3.20. The van der Waals surface area contributed by atoms with Crippen LogP contribution in [0.15, 0.2) is 18.2 Å². The molecule has 3 amide bonds. The van der Waals surface area contributed by atoms with Gasteiger partial charge in [0.15, 0.2) is 0 Å². The summed E-state index contributed by atoms with van der Waals surface area (Å²) in [5.74, 6) is -1.33. The Morgan fingerprint density at radius 1 is 1.33 bits per heavy atom. The van der Waals surface area contributed by atoms with E-state index in [4.69, 9.17) is 5.73 Å². The van der Waals surface area contributed by atoms with Gasteiger partial charge in [0.05, 0.1) is 5.56 Å². The second-order valence-electron chi connectivity index (χ2n) is 6.82. The molecule has 1 saturated heterocycles. The lowest BCUT2D eigenvalue weighted by Crippen LogP contribution is -2.58. The van der Waals surface area contributed by atoms with E-state index in [1.54, 1.807) is 14.1 Å². The van der Waals surface area contributed by atoms with Crippen molar-refractivity contribution in [3.05, 3.63) is 35.1 Å². The maximum absolute atomic E-state index is 14.1. The fraction of sp³-hybridized carbons (Fsp3) is 0.529. The molecule has 1 heterocycles. The minimum Gasteiger partial charge on any atom is -0.352 e. The molecule has 0 spiro atoms. The molecule has 0 bridgehead atoms. The molecule has 150 valence electrons. The topological polar surface area (TPSA) is 78.7 Å². The van der Waals surface area contributed by atoms with Crippen LogP contribution in [0.25, 0.3) is 0 Å². The Morgan fingerprint density at radius 2 is 2.00 bits per heavy atom. The average Bonchev–Trinajstić information content (AvgIpc) is 2.53. The molecule has 1 aromatic carbocycles. The number of urea groups is 1. The van der Waals surface area contributed by atoms with E-state index in [9.17, 15) is 27.2 Å². The van der Waals surface area contributed by atoms with E-state index in [1.165, 1.54) is 4.90 Å². The molecule has 2 atom stereocenters. The summed E-state index contributed by atoms with van der Waals surface area (Å²) < 4.78 is 52.9. The standard InChI is InChI=1S/C17H22F4N4O2/c1-24(2)9-12-4-6-14(23-16(22)27)15(26)25(12)8-10-7-11(17(19,20)21)3-5-13(10)18/h3,5,7,12,14H,4,6,8-9H2,1-2H3,(H3,22,23,27)/t12-,14+/m0/s1. The van der Waals surface area contributed by atoms with Gasteiger partial charge in [-0.1, -0.05) is 0 Å². The predicted octanol–water partition coefficient (Wildman–Crippen LogP) is 1.93. The van der Waals surface area contributed by atoms with Gasteiger partial charge in [0.1, 0.15) is 11.9 Å². The molecule has 1 aromatic rings. The van der Waals surface area contributed by atoms with E-state index in [0.717, 1.165) is 6.07 Å². The second kappa shape index (κ2) is 8.12. The molecule has 0 radical (unpaired) electrons. The van der Waals surface area contributed by atoms with Crippen molar-refractivity contribution in [2.75, 3.05) is 20.6 Å². The number of primary amides is 1. The summed E-state index contributed by atoms with van der Waals surface area (Å²) in [6, 6.07) is 0.0328. The maximum atomic E-state index is 14.1. The number of amides is 3. The summed E-state index contributed by atoms with van der Waals surface area (Å²) >= 11 is 0. The van der Waals surface area contributed by atoms with Crippen LogP contribution in [0.1, 0.15) is 24.0 Å². The zero-order valence-electron chi connectivity index (χ0n) is 15.0. The Morgan fingerprint density at radius 3 is 2.56 bits per heavy atom. The van der Waals surface area contributed by atoms with Crippen LogP contribution in [-0.4, -0.2) is 54.5 Å². The SMILES string of the molecule is CN(C)C[C@@H]1CC[C@@H](NC(N)=O)C(=O)N1Cc1cc(C(F)(F)F)ccc1F. The third-order valence-corrected chi connectivity index (χ3v) is 4.42. The molecular formula is C17H22F4N4O2. The van der Waals surface area contributed by atoms with E-state index in [0.29, 0.717) is 31.5 Å². The van der Waals surface area contributed by atoms with Crippen LogP contribution in [0.4, 0.5) is 22.4 Å². The van der Waals surface area contributed by atoms with E-state index in [1.807, 2.05) is 4.90 Å². The van der Waals surface area contributed by atoms with Crippen molar-refractivity contribution in [3.63, 3.8) is 0 Å². The Hall–Kier alpha value is -2.36. The van der Waals surface area contributed by atoms with Gasteiger partial charge in [0, 0.05) is 24.7 Å². The number of hydrogen-bond donors (Lipinski definition) is 2. The van der Waals surface area contributed by atoms with Crippen LogP contribution < -0.4 is 11.1 Å². The summed E-state index contributed by atoms with van der Waals surface area (Å²) in [4.78, 5) is 27.0. The minimum atomic E-state index is -4.62. The molecule has 1 aliphatic heterocycles. The lowest BCUT2D eigenvalue weighted by molar-refractivity contribution is -0.140. The van der Waals surface area contributed by atoms with Gasteiger partial charge in [-0.25, -0.2) is 9.18 Å². The van der Waals surface area contributed by atoms with Crippen LogP contribution in [0.5, 0.6) is 0 Å². The highest BCUT2D eigenvalue weighted by Crippen LogP contribution is 2.31. The summed E-state index contributed by atoms with van der Waals surface area (Å²) in [5.41, 5.74) is 3.86. The van der Waals surface area contributed by atoms with Crippen LogP contribution >= 0.6 is 0 Å². The molecule has 27 heavy (non-hydrogen) atoms. The number of nitrogens with one attached hydrogen (secondary N) is 1. The fourth-order valence-corrected chi connectivity index (χ4v) is 3.20. The van der Waals surface area contributed by atoms with Crippen LogP contribution in [0.2, 0.25) is 0 Å². The van der Waals surface area contributed by atoms with Gasteiger partial charge < -0.3 is 20.9 Å². The molecule has 2 rings (SSSR count). The van der Waals surface area contributed by atoms with Gasteiger partial charge in [-0.05, 0) is 45.1 Å². The number of likely N-dealkylation sites (N-methyl/N-ethyl adjacent to an activating group) is 1. The molecular weight excluding hydrogens is 368 g/mol. The number of hydrogen-bond acceptors (Lipinski definition) is 3. The average molecular weight is 390 g/mol. The van der Waals surface area contributed by atoms with Crippen LogP contribution in [-0.2, 0) is 17.5 Å². The van der Waals surface area contributed by atoms with Crippen molar-refractivity contribution in [1.82, 2.24) is 15.1 Å². The third-order valence-electron chi connectivity index (χ3n) is 4.42. The highest BCUT2D eigenvalue weighted by atomic mass is 19.4. The molecule has 10 heteroatoms. The van der Waals surface area contributed by atoms with Gasteiger partial charge >= 0.3 is 12.2 Å². The van der Waals surface area contributed by atoms with Crippen LogP contribution in [0, 0.1) is 5.82 Å². The van der Waals surface area contributed by atoms with E-state index >= 15 is 0 Å². The van der Waals surface area contributed by atoms with Gasteiger partial charge in [-0.15, -0.1) is 0 Å². The molecule has 0 unspecified atom stereocenters. The molecule has 6 nitrogen and oxygen atoms in total. The lowest BCUT2D eigenvalue weighted by Gasteiger charge is -2.40. The molecule has 1 fully saturated rings. The number of carbonyl (C=O) groups is 2. The Bertz CT molecular complexity index is 709. The molecule has 3 N–H and O–H groups in total. The van der Waals surface area contributed by atoms with Gasteiger partial charge in [-0.3, -0.25) is 4.79 Å². The summed E-state index contributed by atoms with van der Waals surface area (Å²) in [6.45, 7) is 0.125. The van der Waals surface area contributed by atoms with Crippen LogP contribution in [0.3, 0.4) is 0 Å². The first-order valence-corrected chi connectivity index (χ1v) is 8.36. The number of alkyl halides is 3. The number of carbonyl (C=O) groups excluding carboxylic acids is 2. The van der Waals surface area contributed by atoms with E-state index in [-0.39, 0.29) is 18.2 Å². The Labute approximate surface area is 154 Å². The van der Waals surface area contributed by atoms with Gasteiger partial charge in [0.25, 0.3) is 0 Å². The Balaban J connectivity index is 2.32. The number of likely N-dealkylation sites (tertiary alicyclic amines) is 1. The monoisotopic (exact) mass is 390 g/mol. The number of halogens is 4. The summed E-state index contributed by atoms with van der Waals surface area (Å²) in [6.07, 6.45) is -3.77. The minimum absolute atomic E-state index is 0.235. The van der Waals surface area contributed by atoms with Gasteiger partial charge in [0.2, 0.25) is 5.91 Å². The lowest BCUT2D eigenvalue weighted by atomic mass is 9.95. The zero-order chi connectivity index (χ0) is 20.4. The maximum Gasteiger partial charge on any atom is 0.416 e. The molecule has 0 aliphatic carbocycles. The Kier molecular flexibility index (Phi) is 6.30. The summed E-state index contributed by atoms with van der Waals surface area (Å²) in [7, 11) is 3.59. The normalized spacial score (nSPS) is 20.9. The molecule has 1 aliphatic rings. The quantitative estimate of drug-likeness (QED) is 0.755. The predicted molar refractivity (Wildman–Crippen MR) is 90.0 cm³/mol. The smallest absolute Gasteiger partial charge is 0.352 e. The van der Waals surface area contributed by atoms with Crippen molar-refractivity contribution in [2.24, 2.45) is 5.73 Å². The van der Waals surface area contributed by atoms with Crippen molar-refractivity contribution >= 4 is 11.9 Å². The number of nitrogens with two attached hydrogens (primary N) is 1. The third kappa shape index (κ3) is 5.31. The van der Waals surface area contributed by atoms with Gasteiger partial charge in [-0.2, -0.15) is 13.2 Å². The van der Waals surface area contributed by atoms with Crippen molar-refractivity contribution in [1.29, 1.82) is 0 Å². The molecule has 0 aromatic heterocycles. The number of nitrogens with zero attached hydrogens (tertiary/aromatic N) is 2. The largest absolute Gasteiger partial charge is 0.416 e. The van der Waals surface area contributed by atoms with Crippen molar-refractivity contribution in [3.8, 4) is 0 Å². The van der Waals surface area contributed by atoms with Crippen molar-refractivity contribution < 1.29 is 27.2 Å². The van der Waals surface area contributed by atoms with E-state index in [2.05, 4.69) is 5.32 Å². The number of benzene rings is 1. The first kappa shape index (κ1) is 20.9. The van der Waals surface area contributed by atoms with Crippen molar-refractivity contribution in [2.45, 2.75) is 37.6 Å². The second-order valence-corrected chi connectivity index (χ2v) is 6.82. The highest BCUT2D eigenvalue weighted by molar-refractivity contribution is 5.87. The molecule has 0 saturated carbocycles. The number of piperidine rings is 1. The number of rotatable bonds is 5. The summed E-state index contributed by atoms with van der Waals surface area (Å²) in [5, 5.41) is 2.33.